The third-order valence-corrected chi connectivity index (χ3v) is 4.03. The molecule has 0 saturated heterocycles. The molecule has 0 saturated carbocycles. The Morgan fingerprint density at radius 1 is 1.19 bits per heavy atom. The van der Waals surface area contributed by atoms with Crippen molar-refractivity contribution in [3.63, 3.8) is 0 Å². The van der Waals surface area contributed by atoms with Crippen molar-refractivity contribution < 1.29 is 24.9 Å². The monoisotopic (exact) mass is 354 g/mol. The molecule has 0 aliphatic heterocycles. The summed E-state index contributed by atoms with van der Waals surface area (Å²) < 4.78 is 5.08. The number of ether oxygens (including phenoxy) is 1. The van der Waals surface area contributed by atoms with Gasteiger partial charge in [-0.05, 0) is 42.8 Å². The lowest BCUT2D eigenvalue weighted by atomic mass is 9.97. The van der Waals surface area contributed by atoms with Gasteiger partial charge in [0.25, 0.3) is 0 Å². The standard InChI is InChI=1S/C21H22O5/c1-13(2)20(24)12-17-19(23)11-9-16(21(17)25)18(22)10-6-14-4-7-15(26-3)8-5-14/h4-11,20,23-25H,1,12H2,2-3H3/b10-6+. The lowest BCUT2D eigenvalue weighted by Gasteiger charge is -2.14. The fourth-order valence-electron chi connectivity index (χ4n) is 2.37. The van der Waals surface area contributed by atoms with Gasteiger partial charge in [-0.3, -0.25) is 4.79 Å². The molecule has 1 atom stereocenters. The highest BCUT2D eigenvalue weighted by Gasteiger charge is 2.19. The minimum atomic E-state index is -0.924. The van der Waals surface area contributed by atoms with E-state index >= 15 is 0 Å². The third-order valence-electron chi connectivity index (χ3n) is 4.03. The number of benzene rings is 2. The molecule has 2 rings (SSSR count). The second-order valence-electron chi connectivity index (χ2n) is 6.00. The molecule has 0 aliphatic carbocycles. The first-order valence-corrected chi connectivity index (χ1v) is 8.07. The van der Waals surface area contributed by atoms with Gasteiger partial charge in [0, 0.05) is 12.0 Å². The molecular formula is C21H22O5. The van der Waals surface area contributed by atoms with Crippen LogP contribution in [0.15, 0.2) is 54.6 Å². The number of phenolic OH excluding ortho intramolecular Hbond substituents is 2. The number of aliphatic hydroxyl groups is 1. The Morgan fingerprint density at radius 3 is 2.42 bits per heavy atom. The van der Waals surface area contributed by atoms with Crippen LogP contribution in [0.4, 0.5) is 0 Å². The summed E-state index contributed by atoms with van der Waals surface area (Å²) in [5.74, 6) is -0.220. The Labute approximate surface area is 152 Å². The Balaban J connectivity index is 2.25. The van der Waals surface area contributed by atoms with Crippen LogP contribution in [0.25, 0.3) is 6.08 Å². The largest absolute Gasteiger partial charge is 0.508 e. The van der Waals surface area contributed by atoms with Crippen molar-refractivity contribution >= 4 is 11.9 Å². The number of allylic oxidation sites excluding steroid dienone is 1. The number of aliphatic hydroxyl groups excluding tert-OH is 1. The van der Waals surface area contributed by atoms with Gasteiger partial charge in [0.15, 0.2) is 5.78 Å². The molecule has 0 fully saturated rings. The van der Waals surface area contributed by atoms with Gasteiger partial charge < -0.3 is 20.1 Å². The van der Waals surface area contributed by atoms with Gasteiger partial charge in [-0.1, -0.05) is 30.4 Å². The van der Waals surface area contributed by atoms with Gasteiger partial charge in [0.2, 0.25) is 0 Å². The molecule has 0 spiro atoms. The van der Waals surface area contributed by atoms with Crippen LogP contribution in [-0.4, -0.2) is 34.3 Å². The van der Waals surface area contributed by atoms with Crippen molar-refractivity contribution in [2.75, 3.05) is 7.11 Å². The molecule has 1 unspecified atom stereocenters. The van der Waals surface area contributed by atoms with Crippen LogP contribution in [0.1, 0.15) is 28.4 Å². The maximum atomic E-state index is 12.4. The van der Waals surface area contributed by atoms with Gasteiger partial charge in [0.1, 0.15) is 17.2 Å². The summed E-state index contributed by atoms with van der Waals surface area (Å²) in [4.78, 5) is 12.4. The SMILES string of the molecule is C=C(C)C(O)Cc1c(O)ccc(C(=O)/C=C/c2ccc(OC)cc2)c1O. The number of phenols is 2. The first kappa shape index (κ1) is 19.3. The Morgan fingerprint density at radius 2 is 1.85 bits per heavy atom. The smallest absolute Gasteiger partial charge is 0.189 e. The molecule has 26 heavy (non-hydrogen) atoms. The Kier molecular flexibility index (Phi) is 6.20. The summed E-state index contributed by atoms with van der Waals surface area (Å²) in [6.07, 6.45) is 2.01. The van der Waals surface area contributed by atoms with E-state index in [0.29, 0.717) is 11.3 Å². The van der Waals surface area contributed by atoms with E-state index in [2.05, 4.69) is 6.58 Å². The van der Waals surface area contributed by atoms with Crippen molar-refractivity contribution in [3.8, 4) is 17.2 Å². The maximum Gasteiger partial charge on any atom is 0.189 e. The van der Waals surface area contributed by atoms with Crippen LogP contribution in [0.5, 0.6) is 17.2 Å². The molecule has 3 N–H and O–H groups in total. The lowest BCUT2D eigenvalue weighted by molar-refractivity contribution is 0.104. The van der Waals surface area contributed by atoms with E-state index in [0.717, 1.165) is 5.56 Å². The van der Waals surface area contributed by atoms with E-state index in [4.69, 9.17) is 4.74 Å². The zero-order valence-corrected chi connectivity index (χ0v) is 14.8. The molecule has 0 aliphatic rings. The molecule has 5 nitrogen and oxygen atoms in total. The predicted molar refractivity (Wildman–Crippen MR) is 101 cm³/mol. The maximum absolute atomic E-state index is 12.4. The van der Waals surface area contributed by atoms with Gasteiger partial charge in [-0.25, -0.2) is 0 Å². The molecule has 136 valence electrons. The Hall–Kier alpha value is -3.05. The molecule has 0 amide bonds. The molecular weight excluding hydrogens is 332 g/mol. The van der Waals surface area contributed by atoms with Gasteiger partial charge in [0.05, 0.1) is 18.8 Å². The molecule has 5 heteroatoms. The predicted octanol–water partition coefficient (Wildman–Crippen LogP) is 3.48. The molecule has 0 bridgehead atoms. The molecule has 0 heterocycles. The summed E-state index contributed by atoms with van der Waals surface area (Å²) in [7, 11) is 1.57. The fourth-order valence-corrected chi connectivity index (χ4v) is 2.37. The van der Waals surface area contributed by atoms with Gasteiger partial charge in [-0.15, -0.1) is 0 Å². The first-order chi connectivity index (χ1) is 12.3. The van der Waals surface area contributed by atoms with Crippen LogP contribution < -0.4 is 4.74 Å². The number of hydrogen-bond donors (Lipinski definition) is 3. The van der Waals surface area contributed by atoms with Crippen LogP contribution in [0.3, 0.4) is 0 Å². The summed E-state index contributed by atoms with van der Waals surface area (Å²) in [6.45, 7) is 5.29. The average molecular weight is 354 g/mol. The summed E-state index contributed by atoms with van der Waals surface area (Å²) in [5.41, 5.74) is 1.47. The minimum absolute atomic E-state index is 0.0314. The number of ketones is 1. The van der Waals surface area contributed by atoms with Crippen LogP contribution in [0, 0.1) is 0 Å². The second kappa shape index (κ2) is 8.36. The highest BCUT2D eigenvalue weighted by Crippen LogP contribution is 2.33. The van der Waals surface area contributed by atoms with Crippen molar-refractivity contribution in [2.24, 2.45) is 0 Å². The van der Waals surface area contributed by atoms with Crippen LogP contribution in [-0.2, 0) is 6.42 Å². The number of methoxy groups -OCH3 is 1. The molecule has 2 aromatic carbocycles. The number of aromatic hydroxyl groups is 2. The van der Waals surface area contributed by atoms with E-state index in [1.807, 2.05) is 0 Å². The zero-order valence-electron chi connectivity index (χ0n) is 14.8. The fraction of sp³-hybridized carbons (Fsp3) is 0.190. The van der Waals surface area contributed by atoms with E-state index in [9.17, 15) is 20.1 Å². The van der Waals surface area contributed by atoms with Gasteiger partial charge in [-0.2, -0.15) is 0 Å². The highest BCUT2D eigenvalue weighted by atomic mass is 16.5. The second-order valence-corrected chi connectivity index (χ2v) is 6.00. The van der Waals surface area contributed by atoms with Crippen LogP contribution >= 0.6 is 0 Å². The normalized spacial score (nSPS) is 12.1. The topological polar surface area (TPSA) is 87.0 Å². The number of carbonyl (C=O) groups is 1. The van der Waals surface area contributed by atoms with Crippen molar-refractivity contribution in [2.45, 2.75) is 19.4 Å². The lowest BCUT2D eigenvalue weighted by Crippen LogP contribution is -2.12. The first-order valence-electron chi connectivity index (χ1n) is 8.07. The van der Waals surface area contributed by atoms with Crippen molar-refractivity contribution in [1.29, 1.82) is 0 Å². The van der Waals surface area contributed by atoms with Crippen LogP contribution in [0.2, 0.25) is 0 Å². The minimum Gasteiger partial charge on any atom is -0.508 e. The average Bonchev–Trinajstić information content (AvgIpc) is 2.63. The number of carbonyl (C=O) groups excluding carboxylic acids is 1. The summed E-state index contributed by atoms with van der Waals surface area (Å²) in [5, 5.41) is 30.2. The van der Waals surface area contributed by atoms with E-state index in [-0.39, 0.29) is 29.0 Å². The molecule has 2 aromatic rings. The summed E-state index contributed by atoms with van der Waals surface area (Å²) >= 11 is 0. The highest BCUT2D eigenvalue weighted by molar-refractivity contribution is 6.09. The number of rotatable bonds is 7. The quantitative estimate of drug-likeness (QED) is 0.402. The van der Waals surface area contributed by atoms with E-state index in [1.165, 1.54) is 18.2 Å². The van der Waals surface area contributed by atoms with E-state index in [1.54, 1.807) is 44.4 Å². The molecule has 0 aromatic heterocycles. The number of hydrogen-bond acceptors (Lipinski definition) is 5. The van der Waals surface area contributed by atoms with Crippen molar-refractivity contribution in [1.82, 2.24) is 0 Å². The molecule has 0 radical (unpaired) electrons. The zero-order chi connectivity index (χ0) is 19.3. The third kappa shape index (κ3) is 4.52. The Bertz CT molecular complexity index is 834. The van der Waals surface area contributed by atoms with Gasteiger partial charge >= 0.3 is 0 Å². The van der Waals surface area contributed by atoms with E-state index < -0.39 is 11.9 Å². The summed E-state index contributed by atoms with van der Waals surface area (Å²) in [6, 6.07) is 9.83. The van der Waals surface area contributed by atoms with Crippen molar-refractivity contribution in [3.05, 3.63) is 71.3 Å².